The van der Waals surface area contributed by atoms with Crippen molar-refractivity contribution in [2.24, 2.45) is 5.92 Å². The summed E-state index contributed by atoms with van der Waals surface area (Å²) in [7, 11) is 0. The molecule has 0 spiro atoms. The predicted octanol–water partition coefficient (Wildman–Crippen LogP) is 2.21. The minimum absolute atomic E-state index is 0.0967. The Morgan fingerprint density at radius 3 is 2.39 bits per heavy atom. The van der Waals surface area contributed by atoms with Crippen LogP contribution in [0.5, 0.6) is 5.75 Å². The van der Waals surface area contributed by atoms with Gasteiger partial charge in [-0.25, -0.2) is 0 Å². The fourth-order valence-electron chi connectivity index (χ4n) is 3.02. The highest BCUT2D eigenvalue weighted by atomic mass is 16.5. The van der Waals surface area contributed by atoms with Gasteiger partial charge in [0.2, 0.25) is 11.8 Å². The first-order valence-electron chi connectivity index (χ1n) is 9.18. The molecule has 1 heterocycles. The molecule has 1 saturated heterocycles. The van der Waals surface area contributed by atoms with Gasteiger partial charge in [-0.15, -0.1) is 0 Å². The quantitative estimate of drug-likeness (QED) is 0.778. The summed E-state index contributed by atoms with van der Waals surface area (Å²) < 4.78 is 5.40. The second-order valence-electron chi connectivity index (χ2n) is 6.64. The Bertz CT molecular complexity index is 862. The maximum absolute atomic E-state index is 12.4. The number of aryl methyl sites for hydroxylation is 1. The highest BCUT2D eigenvalue weighted by Gasteiger charge is 2.35. The third-order valence-electron chi connectivity index (χ3n) is 4.57. The molecule has 0 saturated carbocycles. The number of amides is 3. The van der Waals surface area contributed by atoms with E-state index in [1.807, 2.05) is 26.0 Å². The number of benzene rings is 2. The monoisotopic (exact) mass is 381 g/mol. The zero-order valence-corrected chi connectivity index (χ0v) is 15.9. The molecule has 2 aromatic carbocycles. The molecule has 1 aliphatic rings. The molecule has 2 aromatic rings. The number of anilines is 1. The van der Waals surface area contributed by atoms with Gasteiger partial charge < -0.3 is 9.64 Å². The standard InChI is InChI=1S/C21H23N3O4/c1-3-28-18-10-8-17(9-11-18)24-13-16(12-19(24)25)21(27)23-22-20(26)15-6-4-14(2)5-7-15/h4-11,16H,3,12-13H2,1-2H3,(H,22,26)(H,23,27)/t16-/m0/s1. The van der Waals surface area contributed by atoms with Crippen molar-refractivity contribution in [3.05, 3.63) is 59.7 Å². The van der Waals surface area contributed by atoms with Crippen LogP contribution in [-0.2, 0) is 9.59 Å². The van der Waals surface area contributed by atoms with E-state index < -0.39 is 11.8 Å². The van der Waals surface area contributed by atoms with Gasteiger partial charge in [-0.2, -0.15) is 0 Å². The zero-order valence-electron chi connectivity index (χ0n) is 15.9. The van der Waals surface area contributed by atoms with Gasteiger partial charge in [0.25, 0.3) is 5.91 Å². The number of nitrogens with one attached hydrogen (secondary N) is 2. The fourth-order valence-corrected chi connectivity index (χ4v) is 3.02. The highest BCUT2D eigenvalue weighted by molar-refractivity contribution is 6.01. The SMILES string of the molecule is CCOc1ccc(N2C[C@@H](C(=O)NNC(=O)c3ccc(C)cc3)CC2=O)cc1. The molecule has 3 amide bonds. The lowest BCUT2D eigenvalue weighted by molar-refractivity contribution is -0.126. The number of carbonyl (C=O) groups excluding carboxylic acids is 3. The summed E-state index contributed by atoms with van der Waals surface area (Å²) in [5.41, 5.74) is 7.02. The van der Waals surface area contributed by atoms with E-state index in [1.165, 1.54) is 0 Å². The highest BCUT2D eigenvalue weighted by Crippen LogP contribution is 2.26. The Balaban J connectivity index is 1.56. The number of ether oxygens (including phenoxy) is 1. The van der Waals surface area contributed by atoms with Crippen LogP contribution in [-0.4, -0.2) is 30.9 Å². The molecule has 28 heavy (non-hydrogen) atoms. The zero-order chi connectivity index (χ0) is 20.1. The van der Waals surface area contributed by atoms with Crippen molar-refractivity contribution in [3.8, 4) is 5.75 Å². The van der Waals surface area contributed by atoms with Crippen LogP contribution in [0.15, 0.2) is 48.5 Å². The van der Waals surface area contributed by atoms with Gasteiger partial charge in [0.05, 0.1) is 12.5 Å². The maximum atomic E-state index is 12.4. The summed E-state index contributed by atoms with van der Waals surface area (Å²) in [5.74, 6) is -0.721. The summed E-state index contributed by atoms with van der Waals surface area (Å²) >= 11 is 0. The molecular weight excluding hydrogens is 358 g/mol. The van der Waals surface area contributed by atoms with Gasteiger partial charge in [0, 0.05) is 24.2 Å². The van der Waals surface area contributed by atoms with E-state index in [2.05, 4.69) is 10.9 Å². The maximum Gasteiger partial charge on any atom is 0.269 e. The van der Waals surface area contributed by atoms with Crippen LogP contribution in [0, 0.1) is 12.8 Å². The van der Waals surface area contributed by atoms with E-state index in [1.54, 1.807) is 41.3 Å². The van der Waals surface area contributed by atoms with E-state index in [-0.39, 0.29) is 24.8 Å². The van der Waals surface area contributed by atoms with E-state index in [9.17, 15) is 14.4 Å². The largest absolute Gasteiger partial charge is 0.494 e. The minimum Gasteiger partial charge on any atom is -0.494 e. The van der Waals surface area contributed by atoms with Gasteiger partial charge in [-0.3, -0.25) is 25.2 Å². The summed E-state index contributed by atoms with van der Waals surface area (Å²) in [5, 5.41) is 0. The Morgan fingerprint density at radius 1 is 1.07 bits per heavy atom. The molecule has 0 bridgehead atoms. The van der Waals surface area contributed by atoms with E-state index >= 15 is 0 Å². The molecule has 0 aliphatic carbocycles. The average Bonchev–Trinajstić information content (AvgIpc) is 3.09. The lowest BCUT2D eigenvalue weighted by Crippen LogP contribution is -2.45. The third kappa shape index (κ3) is 4.49. The van der Waals surface area contributed by atoms with Gasteiger partial charge in [-0.05, 0) is 50.2 Å². The van der Waals surface area contributed by atoms with Crippen molar-refractivity contribution in [2.45, 2.75) is 20.3 Å². The van der Waals surface area contributed by atoms with Crippen molar-refractivity contribution in [1.29, 1.82) is 0 Å². The molecule has 0 radical (unpaired) electrons. The molecule has 2 N–H and O–H groups in total. The first kappa shape index (κ1) is 19.4. The van der Waals surface area contributed by atoms with Crippen molar-refractivity contribution in [2.75, 3.05) is 18.1 Å². The summed E-state index contributed by atoms with van der Waals surface area (Å²) in [4.78, 5) is 38.4. The second-order valence-corrected chi connectivity index (χ2v) is 6.64. The lowest BCUT2D eigenvalue weighted by atomic mass is 10.1. The summed E-state index contributed by atoms with van der Waals surface area (Å²) in [6.45, 7) is 4.66. The van der Waals surface area contributed by atoms with Gasteiger partial charge >= 0.3 is 0 Å². The van der Waals surface area contributed by atoms with Crippen LogP contribution < -0.4 is 20.5 Å². The van der Waals surface area contributed by atoms with Crippen LogP contribution in [0.1, 0.15) is 29.3 Å². The van der Waals surface area contributed by atoms with E-state index in [0.717, 1.165) is 11.3 Å². The van der Waals surface area contributed by atoms with Gasteiger partial charge in [-0.1, -0.05) is 17.7 Å². The van der Waals surface area contributed by atoms with Crippen molar-refractivity contribution in [1.82, 2.24) is 10.9 Å². The van der Waals surface area contributed by atoms with Crippen LogP contribution in [0.25, 0.3) is 0 Å². The van der Waals surface area contributed by atoms with Crippen molar-refractivity contribution >= 4 is 23.4 Å². The van der Waals surface area contributed by atoms with E-state index in [4.69, 9.17) is 4.74 Å². The molecule has 1 atom stereocenters. The minimum atomic E-state index is -0.530. The second kappa shape index (κ2) is 8.56. The molecule has 3 rings (SSSR count). The van der Waals surface area contributed by atoms with Gasteiger partial charge in [0.15, 0.2) is 0 Å². The first-order chi connectivity index (χ1) is 13.5. The molecule has 7 heteroatoms. The Hall–Kier alpha value is -3.35. The lowest BCUT2D eigenvalue weighted by Gasteiger charge is -2.17. The fraction of sp³-hybridized carbons (Fsp3) is 0.286. The van der Waals surface area contributed by atoms with Crippen LogP contribution in [0.2, 0.25) is 0 Å². The molecular formula is C21H23N3O4. The first-order valence-corrected chi connectivity index (χ1v) is 9.18. The molecule has 7 nitrogen and oxygen atoms in total. The van der Waals surface area contributed by atoms with Gasteiger partial charge in [0.1, 0.15) is 5.75 Å². The number of hydrazine groups is 1. The number of nitrogens with zero attached hydrogens (tertiary/aromatic N) is 1. The Kier molecular flexibility index (Phi) is 5.93. The predicted molar refractivity (Wildman–Crippen MR) is 105 cm³/mol. The number of hydrogen-bond acceptors (Lipinski definition) is 4. The Labute approximate surface area is 163 Å². The summed E-state index contributed by atoms with van der Waals surface area (Å²) in [6, 6.07) is 14.2. The average molecular weight is 381 g/mol. The third-order valence-corrected chi connectivity index (χ3v) is 4.57. The molecule has 1 fully saturated rings. The van der Waals surface area contributed by atoms with Crippen LogP contribution in [0.4, 0.5) is 5.69 Å². The smallest absolute Gasteiger partial charge is 0.269 e. The normalized spacial score (nSPS) is 16.0. The molecule has 1 aliphatic heterocycles. The molecule has 0 aromatic heterocycles. The van der Waals surface area contributed by atoms with Crippen LogP contribution in [0.3, 0.4) is 0 Å². The summed E-state index contributed by atoms with van der Waals surface area (Å²) in [6.07, 6.45) is 0.0967. The van der Waals surface area contributed by atoms with Crippen LogP contribution >= 0.6 is 0 Å². The van der Waals surface area contributed by atoms with Crippen molar-refractivity contribution < 1.29 is 19.1 Å². The van der Waals surface area contributed by atoms with Crippen molar-refractivity contribution in [3.63, 3.8) is 0 Å². The molecule has 0 unspecified atom stereocenters. The van der Waals surface area contributed by atoms with E-state index in [0.29, 0.717) is 17.9 Å². The number of rotatable bonds is 5. The topological polar surface area (TPSA) is 87.7 Å². The molecule has 146 valence electrons. The number of carbonyl (C=O) groups is 3. The Morgan fingerprint density at radius 2 is 1.75 bits per heavy atom. The number of hydrogen-bond donors (Lipinski definition) is 2.